The Kier molecular flexibility index (Phi) is 4.43. The first kappa shape index (κ1) is 15.0. The summed E-state index contributed by atoms with van der Waals surface area (Å²) >= 11 is 0. The first-order chi connectivity index (χ1) is 10.6. The van der Waals surface area contributed by atoms with E-state index in [2.05, 4.69) is 0 Å². The number of aromatic carboxylic acids is 1. The summed E-state index contributed by atoms with van der Waals surface area (Å²) in [6.07, 6.45) is 3.56. The molecule has 0 aromatic heterocycles. The highest BCUT2D eigenvalue weighted by molar-refractivity contribution is 5.87. The van der Waals surface area contributed by atoms with Crippen molar-refractivity contribution >= 4 is 11.9 Å². The van der Waals surface area contributed by atoms with Crippen LogP contribution in [0.5, 0.6) is 0 Å². The predicted molar refractivity (Wildman–Crippen MR) is 80.8 cm³/mol. The van der Waals surface area contributed by atoms with Crippen molar-refractivity contribution in [2.75, 3.05) is 19.8 Å². The fraction of sp³-hybridized carbons (Fsp3) is 0.529. The molecule has 1 amide bonds. The summed E-state index contributed by atoms with van der Waals surface area (Å²) in [4.78, 5) is 25.4. The van der Waals surface area contributed by atoms with Gasteiger partial charge in [-0.3, -0.25) is 4.79 Å². The third-order valence-corrected chi connectivity index (χ3v) is 4.34. The number of amides is 1. The summed E-state index contributed by atoms with van der Waals surface area (Å²) < 4.78 is 5.40. The number of rotatable bonds is 6. The Hall–Kier alpha value is -1.88. The molecular formula is C17H21NO4. The van der Waals surface area contributed by atoms with E-state index >= 15 is 0 Å². The van der Waals surface area contributed by atoms with Crippen molar-refractivity contribution in [3.63, 3.8) is 0 Å². The molecule has 0 unspecified atom stereocenters. The van der Waals surface area contributed by atoms with Crippen molar-refractivity contribution < 1.29 is 19.4 Å². The summed E-state index contributed by atoms with van der Waals surface area (Å²) in [5, 5.41) is 8.90. The molecule has 22 heavy (non-hydrogen) atoms. The first-order valence-electron chi connectivity index (χ1n) is 7.83. The van der Waals surface area contributed by atoms with Gasteiger partial charge in [-0.15, -0.1) is 0 Å². The second kappa shape index (κ2) is 6.48. The lowest BCUT2D eigenvalue weighted by Crippen LogP contribution is -2.38. The molecule has 0 radical (unpaired) electrons. The topological polar surface area (TPSA) is 66.8 Å². The maximum absolute atomic E-state index is 12.6. The van der Waals surface area contributed by atoms with E-state index in [9.17, 15) is 9.59 Å². The molecule has 1 aliphatic heterocycles. The minimum Gasteiger partial charge on any atom is -0.478 e. The lowest BCUT2D eigenvalue weighted by Gasteiger charge is -2.25. The molecule has 1 aromatic rings. The van der Waals surface area contributed by atoms with Crippen molar-refractivity contribution in [2.24, 2.45) is 5.92 Å². The number of carbonyl (C=O) groups excluding carboxylic acids is 1. The molecule has 3 rings (SSSR count). The Bertz CT molecular complexity index is 544. The normalized spacial score (nSPS) is 20.8. The summed E-state index contributed by atoms with van der Waals surface area (Å²) in [5.74, 6) is -0.352. The second-order valence-electron chi connectivity index (χ2n) is 6.19. The third kappa shape index (κ3) is 3.65. The van der Waals surface area contributed by atoms with E-state index in [1.807, 2.05) is 4.90 Å². The van der Waals surface area contributed by atoms with Crippen LogP contribution in [0.25, 0.3) is 0 Å². The van der Waals surface area contributed by atoms with E-state index in [-0.39, 0.29) is 11.5 Å². The Morgan fingerprint density at radius 3 is 2.45 bits per heavy atom. The monoisotopic (exact) mass is 303 g/mol. The minimum atomic E-state index is -0.946. The zero-order chi connectivity index (χ0) is 15.5. The van der Waals surface area contributed by atoms with Crippen molar-refractivity contribution in [3.05, 3.63) is 35.4 Å². The quantitative estimate of drug-likeness (QED) is 0.872. The minimum absolute atomic E-state index is 0.137. The highest BCUT2D eigenvalue weighted by Crippen LogP contribution is 2.29. The van der Waals surface area contributed by atoms with E-state index in [1.165, 1.54) is 0 Å². The smallest absolute Gasteiger partial charge is 0.335 e. The molecule has 2 fully saturated rings. The molecule has 0 spiro atoms. The van der Waals surface area contributed by atoms with Crippen LogP contribution in [0.2, 0.25) is 0 Å². The number of carbonyl (C=O) groups is 2. The van der Waals surface area contributed by atoms with Crippen molar-refractivity contribution in [1.82, 2.24) is 4.90 Å². The van der Waals surface area contributed by atoms with Gasteiger partial charge >= 0.3 is 5.97 Å². The number of ether oxygens (including phenoxy) is 1. The van der Waals surface area contributed by atoms with Gasteiger partial charge in [-0.25, -0.2) is 4.79 Å². The number of carboxylic acids is 1. The number of benzene rings is 1. The van der Waals surface area contributed by atoms with Gasteiger partial charge in [-0.2, -0.15) is 0 Å². The Balaban J connectivity index is 1.61. The largest absolute Gasteiger partial charge is 0.478 e. The summed E-state index contributed by atoms with van der Waals surface area (Å²) in [5.41, 5.74) is 1.11. The number of hydrogen-bond acceptors (Lipinski definition) is 3. The van der Waals surface area contributed by atoms with Gasteiger partial charge in [0.15, 0.2) is 0 Å². The number of carboxylic acid groups (broad SMARTS) is 1. The number of nitrogens with zero attached hydrogens (tertiary/aromatic N) is 1. The molecule has 5 nitrogen and oxygen atoms in total. The van der Waals surface area contributed by atoms with Crippen LogP contribution in [0.3, 0.4) is 0 Å². The van der Waals surface area contributed by atoms with E-state index in [4.69, 9.17) is 9.84 Å². The van der Waals surface area contributed by atoms with Gasteiger partial charge in [-0.05, 0) is 37.0 Å². The highest BCUT2D eigenvalue weighted by atomic mass is 16.5. The van der Waals surface area contributed by atoms with Gasteiger partial charge in [0.25, 0.3) is 0 Å². The van der Waals surface area contributed by atoms with Crippen LogP contribution in [0, 0.1) is 5.92 Å². The molecule has 1 saturated carbocycles. The third-order valence-electron chi connectivity index (χ3n) is 4.34. The van der Waals surface area contributed by atoms with E-state index in [0.29, 0.717) is 18.4 Å². The maximum atomic E-state index is 12.6. The molecule has 1 N–H and O–H groups in total. The van der Waals surface area contributed by atoms with Gasteiger partial charge in [0.05, 0.1) is 18.6 Å². The van der Waals surface area contributed by atoms with Crippen LogP contribution in [0.4, 0.5) is 0 Å². The summed E-state index contributed by atoms with van der Waals surface area (Å²) in [6.45, 7) is 2.34. The molecule has 1 atom stereocenters. The Morgan fingerprint density at radius 2 is 1.91 bits per heavy atom. The average Bonchev–Trinajstić information content (AvgIpc) is 3.21. The molecular weight excluding hydrogens is 282 g/mol. The van der Waals surface area contributed by atoms with Crippen molar-refractivity contribution in [3.8, 4) is 0 Å². The van der Waals surface area contributed by atoms with Crippen molar-refractivity contribution in [2.45, 2.75) is 31.7 Å². The predicted octanol–water partition coefficient (Wildman–Crippen LogP) is 1.95. The average molecular weight is 303 g/mol. The molecule has 1 aliphatic carbocycles. The SMILES string of the molecule is O=C(O)c1ccc(CC(=O)N(C[C@@H]2CCOC2)C2CC2)cc1. The maximum Gasteiger partial charge on any atom is 0.335 e. The molecule has 5 heteroatoms. The Labute approximate surface area is 129 Å². The van der Waals surface area contributed by atoms with Crippen LogP contribution in [0.15, 0.2) is 24.3 Å². The van der Waals surface area contributed by atoms with Crippen LogP contribution in [-0.4, -0.2) is 47.7 Å². The van der Waals surface area contributed by atoms with Gasteiger partial charge in [0, 0.05) is 25.1 Å². The molecule has 2 aliphatic rings. The van der Waals surface area contributed by atoms with Crippen LogP contribution in [0.1, 0.15) is 35.2 Å². The fourth-order valence-electron chi connectivity index (χ4n) is 2.89. The Morgan fingerprint density at radius 1 is 1.18 bits per heavy atom. The van der Waals surface area contributed by atoms with Gasteiger partial charge in [-0.1, -0.05) is 12.1 Å². The van der Waals surface area contributed by atoms with Crippen LogP contribution < -0.4 is 0 Å². The molecule has 118 valence electrons. The highest BCUT2D eigenvalue weighted by Gasteiger charge is 2.34. The molecule has 1 heterocycles. The first-order valence-corrected chi connectivity index (χ1v) is 7.83. The number of hydrogen-bond donors (Lipinski definition) is 1. The lowest BCUT2D eigenvalue weighted by atomic mass is 10.1. The molecule has 1 saturated heterocycles. The standard InChI is InChI=1S/C17H21NO4/c19-16(9-12-1-3-14(4-2-12)17(20)21)18(15-5-6-15)10-13-7-8-22-11-13/h1-4,13,15H,5-11H2,(H,20,21)/t13-/m0/s1. The van der Waals surface area contributed by atoms with Crippen LogP contribution >= 0.6 is 0 Å². The van der Waals surface area contributed by atoms with E-state index in [1.54, 1.807) is 24.3 Å². The summed E-state index contributed by atoms with van der Waals surface area (Å²) in [7, 11) is 0. The van der Waals surface area contributed by atoms with Gasteiger partial charge < -0.3 is 14.7 Å². The summed E-state index contributed by atoms with van der Waals surface area (Å²) in [6, 6.07) is 6.95. The van der Waals surface area contributed by atoms with Gasteiger partial charge in [0.1, 0.15) is 0 Å². The van der Waals surface area contributed by atoms with E-state index < -0.39 is 5.97 Å². The second-order valence-corrected chi connectivity index (χ2v) is 6.19. The van der Waals surface area contributed by atoms with Gasteiger partial charge in [0.2, 0.25) is 5.91 Å². The van der Waals surface area contributed by atoms with E-state index in [0.717, 1.165) is 44.6 Å². The lowest BCUT2D eigenvalue weighted by molar-refractivity contribution is -0.131. The molecule has 1 aromatic carbocycles. The molecule has 0 bridgehead atoms. The van der Waals surface area contributed by atoms with Crippen molar-refractivity contribution in [1.29, 1.82) is 0 Å². The zero-order valence-electron chi connectivity index (χ0n) is 12.5. The zero-order valence-corrected chi connectivity index (χ0v) is 12.5. The fourth-order valence-corrected chi connectivity index (χ4v) is 2.89. The van der Waals surface area contributed by atoms with Crippen LogP contribution in [-0.2, 0) is 16.0 Å².